The number of anilines is 1. The monoisotopic (exact) mass is 521 g/mol. The van der Waals surface area contributed by atoms with Crippen LogP contribution in [0.5, 0.6) is 0 Å². The molecule has 3 heterocycles. The first kappa shape index (κ1) is 25.4. The van der Waals surface area contributed by atoms with E-state index in [1.807, 2.05) is 0 Å². The molecule has 3 unspecified atom stereocenters. The van der Waals surface area contributed by atoms with E-state index in [1.54, 1.807) is 12.1 Å². The van der Waals surface area contributed by atoms with Crippen LogP contribution in [0.1, 0.15) is 23.8 Å². The number of fused-ring (bicyclic) bond motifs is 1. The number of carboxylic acids is 2. The molecular formula is C22H21ClFN5O7. The summed E-state index contributed by atoms with van der Waals surface area (Å²) >= 11 is 5.85. The van der Waals surface area contributed by atoms with Crippen LogP contribution in [0.25, 0.3) is 11.2 Å². The molecule has 4 rings (SSSR count). The Kier molecular flexibility index (Phi) is 7.15. The van der Waals surface area contributed by atoms with Gasteiger partial charge in [-0.1, -0.05) is 24.3 Å². The van der Waals surface area contributed by atoms with Gasteiger partial charge in [-0.3, -0.25) is 4.57 Å². The molecule has 0 amide bonds. The van der Waals surface area contributed by atoms with E-state index in [-0.39, 0.29) is 35.1 Å². The number of hydrogen-bond donors (Lipinski definition) is 3. The van der Waals surface area contributed by atoms with Crippen molar-refractivity contribution in [2.75, 3.05) is 12.3 Å². The van der Waals surface area contributed by atoms with Gasteiger partial charge in [-0.15, -0.1) is 0 Å². The summed E-state index contributed by atoms with van der Waals surface area (Å²) in [5.74, 6) is -3.44. The minimum atomic E-state index is -2.64. The van der Waals surface area contributed by atoms with E-state index in [0.717, 1.165) is 0 Å². The number of ether oxygens (including phenoxy) is 2. The molecule has 0 bridgehead atoms. The number of aldehydes is 1. The Morgan fingerprint density at radius 2 is 1.92 bits per heavy atom. The number of benzene rings is 1. The number of halogens is 2. The number of nitrogens with zero attached hydrogens (tertiary/aromatic N) is 4. The van der Waals surface area contributed by atoms with Gasteiger partial charge < -0.3 is 30.2 Å². The Balaban J connectivity index is 1.51. The molecule has 1 fully saturated rings. The summed E-state index contributed by atoms with van der Waals surface area (Å²) in [6.07, 6.45) is -2.30. The molecule has 1 saturated heterocycles. The summed E-state index contributed by atoms with van der Waals surface area (Å²) in [4.78, 5) is 46.6. The molecule has 3 atom stereocenters. The van der Waals surface area contributed by atoms with Crippen molar-refractivity contribution >= 4 is 46.8 Å². The average molecular weight is 522 g/mol. The summed E-state index contributed by atoms with van der Waals surface area (Å²) in [7, 11) is 0. The van der Waals surface area contributed by atoms with E-state index in [0.29, 0.717) is 17.4 Å². The lowest BCUT2D eigenvalue weighted by Gasteiger charge is -2.27. The van der Waals surface area contributed by atoms with Gasteiger partial charge in [0.25, 0.3) is 5.60 Å². The van der Waals surface area contributed by atoms with E-state index in [1.165, 1.54) is 23.0 Å². The Hall–Kier alpha value is -3.68. The average Bonchev–Trinajstić information content (AvgIpc) is 3.40. The summed E-state index contributed by atoms with van der Waals surface area (Å²) in [6.45, 7) is -0.511. The van der Waals surface area contributed by atoms with Gasteiger partial charge in [0.1, 0.15) is 18.0 Å². The SMILES string of the molecule is Nc1nc(Cl)nc2c1ncn2C1OC(COC(Cc2ccc(CC=O)cc2)(C(=O)O)C(=O)O)CC1F. The van der Waals surface area contributed by atoms with Crippen molar-refractivity contribution < 1.29 is 38.5 Å². The van der Waals surface area contributed by atoms with Crippen LogP contribution in [0.2, 0.25) is 5.28 Å². The minimum Gasteiger partial charge on any atom is -0.479 e. The van der Waals surface area contributed by atoms with Crippen molar-refractivity contribution in [1.82, 2.24) is 19.5 Å². The third-order valence-corrected chi connectivity index (χ3v) is 6.00. The first-order valence-electron chi connectivity index (χ1n) is 10.7. The quantitative estimate of drug-likeness (QED) is 0.200. The number of aliphatic carboxylic acids is 2. The van der Waals surface area contributed by atoms with Crippen molar-refractivity contribution in [3.63, 3.8) is 0 Å². The highest BCUT2D eigenvalue weighted by Crippen LogP contribution is 2.35. The molecule has 2 aromatic heterocycles. The Morgan fingerprint density at radius 1 is 1.25 bits per heavy atom. The molecule has 4 N–H and O–H groups in total. The lowest BCUT2D eigenvalue weighted by Crippen LogP contribution is -2.52. The fourth-order valence-electron chi connectivity index (χ4n) is 3.98. The van der Waals surface area contributed by atoms with E-state index in [4.69, 9.17) is 26.8 Å². The fourth-order valence-corrected chi connectivity index (χ4v) is 4.15. The van der Waals surface area contributed by atoms with Crippen LogP contribution in [0.15, 0.2) is 30.6 Å². The Morgan fingerprint density at radius 3 is 2.56 bits per heavy atom. The van der Waals surface area contributed by atoms with Crippen molar-refractivity contribution in [2.45, 2.75) is 43.4 Å². The van der Waals surface area contributed by atoms with Crippen LogP contribution >= 0.6 is 11.6 Å². The fraction of sp³-hybridized carbons (Fsp3) is 0.364. The zero-order valence-corrected chi connectivity index (χ0v) is 19.3. The lowest BCUT2D eigenvalue weighted by atomic mass is 9.93. The molecule has 12 nitrogen and oxygen atoms in total. The molecule has 3 aromatic rings. The van der Waals surface area contributed by atoms with Crippen LogP contribution in [0, 0.1) is 0 Å². The predicted molar refractivity (Wildman–Crippen MR) is 122 cm³/mol. The van der Waals surface area contributed by atoms with Gasteiger partial charge in [-0.05, 0) is 22.7 Å². The topological polar surface area (TPSA) is 180 Å². The number of carbonyl (C=O) groups excluding carboxylic acids is 1. The number of alkyl halides is 1. The zero-order valence-electron chi connectivity index (χ0n) is 18.6. The van der Waals surface area contributed by atoms with Gasteiger partial charge in [-0.2, -0.15) is 9.97 Å². The van der Waals surface area contributed by atoms with Crippen LogP contribution in [-0.2, 0) is 36.7 Å². The third-order valence-electron chi connectivity index (χ3n) is 5.83. The number of carboxylic acid groups (broad SMARTS) is 2. The number of carbonyl (C=O) groups is 3. The number of aromatic nitrogens is 4. The van der Waals surface area contributed by atoms with E-state index < -0.39 is 49.1 Å². The number of rotatable bonds is 10. The van der Waals surface area contributed by atoms with Gasteiger partial charge in [0.05, 0.1) is 19.0 Å². The first-order valence-corrected chi connectivity index (χ1v) is 11.1. The van der Waals surface area contributed by atoms with Crippen LogP contribution in [0.3, 0.4) is 0 Å². The Labute approximate surface area is 207 Å². The van der Waals surface area contributed by atoms with E-state index >= 15 is 0 Å². The molecule has 0 saturated carbocycles. The van der Waals surface area contributed by atoms with Gasteiger partial charge in [0.15, 0.2) is 17.7 Å². The normalized spacial score (nSPS) is 20.0. The highest BCUT2D eigenvalue weighted by molar-refractivity contribution is 6.28. The molecule has 36 heavy (non-hydrogen) atoms. The highest BCUT2D eigenvalue weighted by atomic mass is 35.5. The van der Waals surface area contributed by atoms with E-state index in [2.05, 4.69) is 15.0 Å². The van der Waals surface area contributed by atoms with Crippen LogP contribution in [0.4, 0.5) is 10.2 Å². The molecule has 190 valence electrons. The summed E-state index contributed by atoms with van der Waals surface area (Å²) < 4.78 is 27.3. The number of hydrogen-bond acceptors (Lipinski definition) is 9. The van der Waals surface area contributed by atoms with Crippen molar-refractivity contribution in [2.24, 2.45) is 0 Å². The van der Waals surface area contributed by atoms with Crippen molar-refractivity contribution in [3.8, 4) is 0 Å². The maximum atomic E-state index is 14.9. The molecule has 0 radical (unpaired) electrons. The lowest BCUT2D eigenvalue weighted by molar-refractivity contribution is -0.188. The summed E-state index contributed by atoms with van der Waals surface area (Å²) in [5.41, 5.74) is 4.53. The Bertz CT molecular complexity index is 1290. The first-order chi connectivity index (χ1) is 17.1. The van der Waals surface area contributed by atoms with Crippen molar-refractivity contribution in [1.29, 1.82) is 0 Å². The second-order valence-electron chi connectivity index (χ2n) is 8.21. The highest BCUT2D eigenvalue weighted by Gasteiger charge is 2.50. The predicted octanol–water partition coefficient (Wildman–Crippen LogP) is 1.60. The standard InChI is InChI=1S/C22H21ClFN5O7/c23-21-27-16(25)15-17(28-21)29(10-26-15)18-14(24)7-13(36-18)9-35-22(19(31)32,20(33)34)8-12-3-1-11(2-4-12)5-6-30/h1-4,6,10,13-14,18H,5,7-9H2,(H,31,32)(H,33,34)(H2,25,27,28). The zero-order chi connectivity index (χ0) is 26.0. The van der Waals surface area contributed by atoms with Crippen LogP contribution < -0.4 is 5.73 Å². The second-order valence-corrected chi connectivity index (χ2v) is 8.55. The van der Waals surface area contributed by atoms with E-state index in [9.17, 15) is 29.0 Å². The van der Waals surface area contributed by atoms with Crippen LogP contribution in [-0.4, -0.2) is 72.4 Å². The van der Waals surface area contributed by atoms with Gasteiger partial charge in [-0.25, -0.2) is 19.0 Å². The van der Waals surface area contributed by atoms with Gasteiger partial charge in [0, 0.05) is 19.3 Å². The molecule has 14 heteroatoms. The molecule has 1 aliphatic heterocycles. The maximum Gasteiger partial charge on any atom is 0.348 e. The molecule has 1 aromatic carbocycles. The summed E-state index contributed by atoms with van der Waals surface area (Å²) in [5, 5.41) is 19.4. The summed E-state index contributed by atoms with van der Waals surface area (Å²) in [6, 6.07) is 6.22. The van der Waals surface area contributed by atoms with Gasteiger partial charge in [0.2, 0.25) is 5.28 Å². The smallest absolute Gasteiger partial charge is 0.348 e. The number of nitrogens with two attached hydrogens (primary N) is 1. The second kappa shape index (κ2) is 10.1. The van der Waals surface area contributed by atoms with Crippen molar-refractivity contribution in [3.05, 3.63) is 47.0 Å². The molecule has 0 aliphatic carbocycles. The molecular weight excluding hydrogens is 501 g/mol. The number of imidazole rings is 1. The molecule has 0 spiro atoms. The van der Waals surface area contributed by atoms with Gasteiger partial charge >= 0.3 is 11.9 Å². The largest absolute Gasteiger partial charge is 0.479 e. The molecule has 1 aliphatic rings. The minimum absolute atomic E-state index is 0.00364. The third kappa shape index (κ3) is 4.85. The number of nitrogen functional groups attached to an aromatic ring is 1. The maximum absolute atomic E-state index is 14.9.